The van der Waals surface area contributed by atoms with Crippen molar-refractivity contribution in [3.05, 3.63) is 58.6 Å². The first kappa shape index (κ1) is 22.5. The molecule has 2 rings (SSSR count). The van der Waals surface area contributed by atoms with Crippen LogP contribution in [0.15, 0.2) is 57.9 Å². The summed E-state index contributed by atoms with van der Waals surface area (Å²) in [5, 5.41) is 2.83. The monoisotopic (exact) mass is 468 g/mol. The summed E-state index contributed by atoms with van der Waals surface area (Å²) in [5.41, 5.74) is 1.74. The average molecular weight is 469 g/mol. The molecule has 0 spiro atoms. The van der Waals surface area contributed by atoms with Gasteiger partial charge in [-0.15, -0.1) is 0 Å². The molecule has 0 radical (unpaired) electrons. The van der Waals surface area contributed by atoms with Crippen molar-refractivity contribution in [2.75, 3.05) is 32.0 Å². The quantitative estimate of drug-likeness (QED) is 0.591. The second-order valence-electron chi connectivity index (χ2n) is 6.60. The number of nitrogens with one attached hydrogen (secondary N) is 2. The predicted octanol–water partition coefficient (Wildman–Crippen LogP) is 2.13. The molecule has 0 fully saturated rings. The van der Waals surface area contributed by atoms with Gasteiger partial charge in [0.15, 0.2) is 6.54 Å². The number of quaternary nitrogens is 1. The highest BCUT2D eigenvalue weighted by Crippen LogP contribution is 2.18. The van der Waals surface area contributed by atoms with E-state index in [9.17, 15) is 13.2 Å². The molecule has 6 nitrogen and oxygen atoms in total. The van der Waals surface area contributed by atoms with E-state index in [0.717, 1.165) is 21.5 Å². The summed E-state index contributed by atoms with van der Waals surface area (Å²) >= 11 is 3.41. The van der Waals surface area contributed by atoms with Gasteiger partial charge in [0.25, 0.3) is 5.91 Å². The van der Waals surface area contributed by atoms with Crippen molar-refractivity contribution in [2.45, 2.75) is 25.3 Å². The summed E-state index contributed by atoms with van der Waals surface area (Å²) in [6.07, 6.45) is 0. The SMILES string of the molecule is CCN(CC)S(=O)(=O)c1ccc(NC(=O)C[NH+](C)Cc2ccc(Br)cc2)cc1. The highest BCUT2D eigenvalue weighted by atomic mass is 79.9. The minimum atomic E-state index is -3.49. The van der Waals surface area contributed by atoms with Gasteiger partial charge in [-0.1, -0.05) is 41.9 Å². The molecule has 2 N–H and O–H groups in total. The Morgan fingerprint density at radius 1 is 1.04 bits per heavy atom. The van der Waals surface area contributed by atoms with Crippen molar-refractivity contribution in [1.29, 1.82) is 0 Å². The lowest BCUT2D eigenvalue weighted by atomic mass is 10.2. The molecule has 0 heterocycles. The first-order chi connectivity index (χ1) is 13.3. The molecule has 0 aromatic heterocycles. The van der Waals surface area contributed by atoms with Gasteiger partial charge in [0.1, 0.15) is 6.54 Å². The fourth-order valence-electron chi connectivity index (χ4n) is 2.92. The van der Waals surface area contributed by atoms with Gasteiger partial charge in [-0.25, -0.2) is 8.42 Å². The third-order valence-corrected chi connectivity index (χ3v) is 6.96. The molecule has 2 aromatic carbocycles. The zero-order valence-corrected chi connectivity index (χ0v) is 18.8. The second kappa shape index (κ2) is 10.2. The van der Waals surface area contributed by atoms with Gasteiger partial charge in [-0.2, -0.15) is 4.31 Å². The van der Waals surface area contributed by atoms with Gasteiger partial charge in [0.05, 0.1) is 11.9 Å². The first-order valence-corrected chi connectivity index (χ1v) is 11.4. The van der Waals surface area contributed by atoms with Crippen LogP contribution in [-0.4, -0.2) is 45.3 Å². The van der Waals surface area contributed by atoms with E-state index in [1.165, 1.54) is 16.4 Å². The Hall–Kier alpha value is -1.74. The predicted molar refractivity (Wildman–Crippen MR) is 115 cm³/mol. The summed E-state index contributed by atoms with van der Waals surface area (Å²) in [7, 11) is -1.53. The number of benzene rings is 2. The number of carbonyl (C=O) groups is 1. The van der Waals surface area contributed by atoms with Crippen LogP contribution in [0.2, 0.25) is 0 Å². The molecule has 0 saturated heterocycles. The fraction of sp³-hybridized carbons (Fsp3) is 0.350. The van der Waals surface area contributed by atoms with Crippen molar-refractivity contribution in [3.8, 4) is 0 Å². The number of likely N-dealkylation sites (N-methyl/N-ethyl adjacent to an activating group) is 1. The van der Waals surface area contributed by atoms with Gasteiger partial charge in [0, 0.05) is 28.8 Å². The molecular weight excluding hydrogens is 442 g/mol. The molecule has 2 aromatic rings. The Balaban J connectivity index is 1.94. The van der Waals surface area contributed by atoms with E-state index in [1.807, 2.05) is 45.2 Å². The minimum absolute atomic E-state index is 0.117. The summed E-state index contributed by atoms with van der Waals surface area (Å²) in [6, 6.07) is 14.3. The standard InChI is InChI=1S/C20H26BrN3O3S/c1-4-24(5-2)28(26,27)19-12-10-18(11-13-19)22-20(25)15-23(3)14-16-6-8-17(21)9-7-16/h6-13H,4-5,14-15H2,1-3H3,(H,22,25)/p+1. The lowest BCUT2D eigenvalue weighted by molar-refractivity contribution is -0.885. The average Bonchev–Trinajstić information content (AvgIpc) is 2.64. The van der Waals surface area contributed by atoms with Crippen LogP contribution in [0.1, 0.15) is 19.4 Å². The van der Waals surface area contributed by atoms with Crippen LogP contribution < -0.4 is 10.2 Å². The summed E-state index contributed by atoms with van der Waals surface area (Å²) in [4.78, 5) is 13.6. The number of hydrogen-bond acceptors (Lipinski definition) is 3. The van der Waals surface area contributed by atoms with Crippen molar-refractivity contribution in [3.63, 3.8) is 0 Å². The number of rotatable bonds is 9. The molecule has 8 heteroatoms. The maximum absolute atomic E-state index is 12.5. The Labute approximate surface area is 175 Å². The first-order valence-electron chi connectivity index (χ1n) is 9.22. The summed E-state index contributed by atoms with van der Waals surface area (Å²) in [6.45, 7) is 5.51. The molecule has 0 aliphatic heterocycles. The van der Waals surface area contributed by atoms with Crippen LogP contribution in [0.25, 0.3) is 0 Å². The number of nitrogens with zero attached hydrogens (tertiary/aromatic N) is 1. The largest absolute Gasteiger partial charge is 0.326 e. The van der Waals surface area contributed by atoms with Gasteiger partial charge in [0.2, 0.25) is 10.0 Å². The normalized spacial score (nSPS) is 12.8. The van der Waals surface area contributed by atoms with E-state index in [0.29, 0.717) is 25.3 Å². The van der Waals surface area contributed by atoms with Crippen LogP contribution >= 0.6 is 15.9 Å². The van der Waals surface area contributed by atoms with Crippen LogP contribution in [0.4, 0.5) is 5.69 Å². The van der Waals surface area contributed by atoms with Crippen LogP contribution in [-0.2, 0) is 21.4 Å². The van der Waals surface area contributed by atoms with Crippen molar-refractivity contribution >= 4 is 37.5 Å². The van der Waals surface area contributed by atoms with E-state index in [-0.39, 0.29) is 10.8 Å². The Morgan fingerprint density at radius 3 is 2.14 bits per heavy atom. The maximum atomic E-state index is 12.5. The number of anilines is 1. The smallest absolute Gasteiger partial charge is 0.279 e. The second-order valence-corrected chi connectivity index (χ2v) is 9.45. The molecule has 0 bridgehead atoms. The highest BCUT2D eigenvalue weighted by Gasteiger charge is 2.21. The molecule has 0 aliphatic carbocycles. The molecule has 0 saturated carbocycles. The lowest BCUT2D eigenvalue weighted by Crippen LogP contribution is -3.08. The molecule has 1 amide bonds. The van der Waals surface area contributed by atoms with Crippen molar-refractivity contribution in [2.24, 2.45) is 0 Å². The maximum Gasteiger partial charge on any atom is 0.279 e. The number of hydrogen-bond donors (Lipinski definition) is 2. The van der Waals surface area contributed by atoms with Crippen LogP contribution in [0.5, 0.6) is 0 Å². The van der Waals surface area contributed by atoms with Gasteiger partial charge < -0.3 is 10.2 Å². The van der Waals surface area contributed by atoms with Gasteiger partial charge >= 0.3 is 0 Å². The Kier molecular flexibility index (Phi) is 8.18. The summed E-state index contributed by atoms with van der Waals surface area (Å²) < 4.78 is 27.4. The lowest BCUT2D eigenvalue weighted by Gasteiger charge is -2.18. The molecule has 1 atom stereocenters. The van der Waals surface area contributed by atoms with E-state index >= 15 is 0 Å². The number of halogens is 1. The number of amides is 1. The summed E-state index contributed by atoms with van der Waals surface area (Å²) in [5.74, 6) is -0.117. The zero-order valence-electron chi connectivity index (χ0n) is 16.4. The fourth-order valence-corrected chi connectivity index (χ4v) is 4.64. The topological polar surface area (TPSA) is 70.9 Å². The number of carbonyl (C=O) groups excluding carboxylic acids is 1. The third kappa shape index (κ3) is 6.13. The highest BCUT2D eigenvalue weighted by molar-refractivity contribution is 9.10. The molecule has 1 unspecified atom stereocenters. The van der Waals surface area contributed by atoms with E-state index < -0.39 is 10.0 Å². The number of sulfonamides is 1. The third-order valence-electron chi connectivity index (χ3n) is 4.36. The van der Waals surface area contributed by atoms with E-state index in [4.69, 9.17) is 0 Å². The molecular formula is C20H27BrN3O3S+. The molecule has 152 valence electrons. The van der Waals surface area contributed by atoms with Crippen LogP contribution in [0, 0.1) is 0 Å². The van der Waals surface area contributed by atoms with E-state index in [1.54, 1.807) is 12.1 Å². The minimum Gasteiger partial charge on any atom is -0.326 e. The van der Waals surface area contributed by atoms with Crippen molar-refractivity contribution in [1.82, 2.24) is 4.31 Å². The van der Waals surface area contributed by atoms with Crippen LogP contribution in [0.3, 0.4) is 0 Å². The van der Waals surface area contributed by atoms with Crippen molar-refractivity contribution < 1.29 is 18.1 Å². The van der Waals surface area contributed by atoms with Gasteiger partial charge in [-0.05, 0) is 36.4 Å². The Morgan fingerprint density at radius 2 is 1.61 bits per heavy atom. The van der Waals surface area contributed by atoms with E-state index in [2.05, 4.69) is 21.2 Å². The molecule has 0 aliphatic rings. The zero-order chi connectivity index (χ0) is 20.7. The Bertz CT molecular complexity index is 880. The molecule has 28 heavy (non-hydrogen) atoms. The van der Waals surface area contributed by atoms with Gasteiger partial charge in [-0.3, -0.25) is 4.79 Å².